The number of nitrogens with two attached hydrogens (primary N) is 1. The van der Waals surface area contributed by atoms with Crippen LogP contribution in [0.4, 0.5) is 10.5 Å². The van der Waals surface area contributed by atoms with Crippen molar-refractivity contribution in [2.45, 2.75) is 0 Å². The van der Waals surface area contributed by atoms with Gasteiger partial charge in [-0.1, -0.05) is 6.58 Å². The van der Waals surface area contributed by atoms with Crippen molar-refractivity contribution in [1.29, 1.82) is 0 Å². The van der Waals surface area contributed by atoms with E-state index in [2.05, 4.69) is 11.5 Å². The molecule has 0 aromatic heterocycles. The maximum absolute atomic E-state index is 12.1. The number of urea groups is 1. The lowest BCUT2D eigenvalue weighted by Crippen LogP contribution is -2.46. The molecule has 1 aliphatic heterocycles. The summed E-state index contributed by atoms with van der Waals surface area (Å²) in [5, 5.41) is 8.67. The first kappa shape index (κ1) is 12.4. The molecule has 0 saturated carbocycles. The van der Waals surface area contributed by atoms with Crippen LogP contribution >= 0.6 is 0 Å². The molecule has 0 unspecified atom stereocenters. The van der Waals surface area contributed by atoms with Gasteiger partial charge in [-0.15, -0.1) is 0 Å². The molecule has 2 rings (SSSR count). The van der Waals surface area contributed by atoms with Crippen LogP contribution in [0.1, 0.15) is 5.56 Å². The smallest absolute Gasteiger partial charge is 0.328 e. The van der Waals surface area contributed by atoms with Gasteiger partial charge in [-0.3, -0.25) is 9.80 Å². The Morgan fingerprint density at radius 3 is 2.83 bits per heavy atom. The van der Waals surface area contributed by atoms with Crippen LogP contribution in [0.2, 0.25) is 0 Å². The average Bonchev–Trinajstić information content (AvgIpc) is 2.40. The highest BCUT2D eigenvalue weighted by Crippen LogP contribution is 2.36. The number of rotatable bonds is 3. The van der Waals surface area contributed by atoms with Crippen molar-refractivity contribution < 1.29 is 14.9 Å². The summed E-state index contributed by atoms with van der Waals surface area (Å²) in [7, 11) is 1.64. The third kappa shape index (κ3) is 1.81. The molecule has 0 spiro atoms. The van der Waals surface area contributed by atoms with Crippen LogP contribution in [0.15, 0.2) is 24.8 Å². The second-order valence-electron chi connectivity index (χ2n) is 4.00. The van der Waals surface area contributed by atoms with Crippen molar-refractivity contribution in [3.05, 3.63) is 30.3 Å². The minimum Gasteiger partial charge on any atom is -0.340 e. The van der Waals surface area contributed by atoms with Crippen molar-refractivity contribution in [3.63, 3.8) is 0 Å². The SMILES string of the molecule is C=C1c2cc(OO)ccc2N(CCN)C(=O)N1C. The van der Waals surface area contributed by atoms with E-state index in [1.54, 1.807) is 30.1 Å². The van der Waals surface area contributed by atoms with Crippen molar-refractivity contribution in [1.82, 2.24) is 4.90 Å². The van der Waals surface area contributed by atoms with E-state index < -0.39 is 0 Å². The van der Waals surface area contributed by atoms with Gasteiger partial charge in [-0.05, 0) is 18.2 Å². The summed E-state index contributed by atoms with van der Waals surface area (Å²) in [6.07, 6.45) is 0. The number of carbonyl (C=O) groups is 1. The van der Waals surface area contributed by atoms with E-state index >= 15 is 0 Å². The van der Waals surface area contributed by atoms with Crippen LogP contribution < -0.4 is 15.5 Å². The van der Waals surface area contributed by atoms with Crippen LogP contribution in [-0.2, 0) is 0 Å². The molecule has 0 radical (unpaired) electrons. The molecule has 1 aromatic rings. The number of anilines is 1. The minimum atomic E-state index is -0.171. The van der Waals surface area contributed by atoms with E-state index in [0.717, 1.165) is 5.56 Å². The Morgan fingerprint density at radius 2 is 2.22 bits per heavy atom. The van der Waals surface area contributed by atoms with Gasteiger partial charge >= 0.3 is 6.03 Å². The summed E-state index contributed by atoms with van der Waals surface area (Å²) in [5.41, 5.74) is 7.52. The second kappa shape index (κ2) is 4.67. The van der Waals surface area contributed by atoms with Crippen molar-refractivity contribution in [2.24, 2.45) is 5.73 Å². The molecular formula is C12H15N3O3. The fraction of sp³-hybridized carbons (Fsp3) is 0.250. The van der Waals surface area contributed by atoms with Gasteiger partial charge in [0.15, 0.2) is 5.75 Å². The van der Waals surface area contributed by atoms with Gasteiger partial charge in [-0.25, -0.2) is 10.1 Å². The molecule has 0 aliphatic carbocycles. The number of hydrogen-bond donors (Lipinski definition) is 2. The fourth-order valence-corrected chi connectivity index (χ4v) is 1.96. The number of amides is 2. The van der Waals surface area contributed by atoms with Crippen LogP contribution in [0, 0.1) is 0 Å². The fourth-order valence-electron chi connectivity index (χ4n) is 1.96. The standard InChI is InChI=1S/C12H15N3O3/c1-8-10-7-9(18-17)3-4-11(10)15(6-5-13)12(16)14(8)2/h3-4,7,17H,1,5-6,13H2,2H3. The summed E-state index contributed by atoms with van der Waals surface area (Å²) >= 11 is 0. The Bertz CT molecular complexity index is 501. The van der Waals surface area contributed by atoms with Crippen LogP contribution in [0.3, 0.4) is 0 Å². The average molecular weight is 249 g/mol. The molecule has 2 amide bonds. The summed E-state index contributed by atoms with van der Waals surface area (Å²) < 4.78 is 0. The first-order valence-electron chi connectivity index (χ1n) is 5.50. The van der Waals surface area contributed by atoms with E-state index in [-0.39, 0.29) is 6.03 Å². The highest BCUT2D eigenvalue weighted by atomic mass is 17.1. The summed E-state index contributed by atoms with van der Waals surface area (Å²) in [6, 6.07) is 4.74. The maximum Gasteiger partial charge on any atom is 0.328 e. The number of hydrogen-bond acceptors (Lipinski definition) is 4. The Kier molecular flexibility index (Phi) is 3.22. The first-order chi connectivity index (χ1) is 8.60. The lowest BCUT2D eigenvalue weighted by atomic mass is 10.1. The lowest BCUT2D eigenvalue weighted by molar-refractivity contribution is -0.137. The van der Waals surface area contributed by atoms with E-state index in [1.165, 1.54) is 4.90 Å². The van der Waals surface area contributed by atoms with Crippen LogP contribution in [0.5, 0.6) is 5.75 Å². The zero-order valence-corrected chi connectivity index (χ0v) is 10.1. The van der Waals surface area contributed by atoms with E-state index in [0.29, 0.717) is 30.2 Å². The zero-order valence-electron chi connectivity index (χ0n) is 10.1. The van der Waals surface area contributed by atoms with Gasteiger partial charge in [-0.2, -0.15) is 0 Å². The molecule has 0 saturated heterocycles. The van der Waals surface area contributed by atoms with E-state index in [4.69, 9.17) is 11.0 Å². The summed E-state index contributed by atoms with van der Waals surface area (Å²) in [4.78, 5) is 19.3. The van der Waals surface area contributed by atoms with Gasteiger partial charge in [0.2, 0.25) is 0 Å². The summed E-state index contributed by atoms with van der Waals surface area (Å²) in [5.74, 6) is 0.297. The quantitative estimate of drug-likeness (QED) is 0.626. The molecule has 1 heterocycles. The molecule has 96 valence electrons. The van der Waals surface area contributed by atoms with Crippen LogP contribution in [0.25, 0.3) is 5.70 Å². The molecule has 1 aromatic carbocycles. The number of benzene rings is 1. The third-order valence-corrected chi connectivity index (χ3v) is 2.95. The molecular weight excluding hydrogens is 234 g/mol. The molecule has 0 fully saturated rings. The van der Waals surface area contributed by atoms with Crippen molar-refractivity contribution in [2.75, 3.05) is 25.0 Å². The monoisotopic (exact) mass is 249 g/mol. The third-order valence-electron chi connectivity index (χ3n) is 2.95. The van der Waals surface area contributed by atoms with Crippen molar-refractivity contribution in [3.8, 4) is 5.75 Å². The highest BCUT2D eigenvalue weighted by molar-refractivity contribution is 6.04. The molecule has 6 heteroatoms. The molecule has 3 N–H and O–H groups in total. The Hall–Kier alpha value is -2.05. The Balaban J connectivity index is 2.53. The first-order valence-corrected chi connectivity index (χ1v) is 5.50. The molecule has 6 nitrogen and oxygen atoms in total. The lowest BCUT2D eigenvalue weighted by Gasteiger charge is -2.36. The highest BCUT2D eigenvalue weighted by Gasteiger charge is 2.30. The van der Waals surface area contributed by atoms with E-state index in [1.807, 2.05) is 0 Å². The van der Waals surface area contributed by atoms with Crippen molar-refractivity contribution >= 4 is 17.4 Å². The largest absolute Gasteiger partial charge is 0.340 e. The predicted molar refractivity (Wildman–Crippen MR) is 68.3 cm³/mol. The van der Waals surface area contributed by atoms with Gasteiger partial charge < -0.3 is 10.6 Å². The number of nitrogens with zero attached hydrogens (tertiary/aromatic N) is 2. The zero-order chi connectivity index (χ0) is 13.3. The van der Waals surface area contributed by atoms with E-state index in [9.17, 15) is 4.79 Å². The van der Waals surface area contributed by atoms with Gasteiger partial charge in [0.05, 0.1) is 5.69 Å². The normalized spacial score (nSPS) is 14.8. The van der Waals surface area contributed by atoms with Crippen LogP contribution in [-0.4, -0.2) is 36.3 Å². The topological polar surface area (TPSA) is 79.0 Å². The van der Waals surface area contributed by atoms with Gasteiger partial charge in [0, 0.05) is 31.4 Å². The van der Waals surface area contributed by atoms with Gasteiger partial charge in [0.25, 0.3) is 0 Å². The van der Waals surface area contributed by atoms with Gasteiger partial charge in [0.1, 0.15) is 0 Å². The predicted octanol–water partition coefficient (Wildman–Crippen LogP) is 1.34. The molecule has 0 bridgehead atoms. The Labute approximate surface area is 105 Å². The Morgan fingerprint density at radius 1 is 1.50 bits per heavy atom. The molecule has 0 atom stereocenters. The molecule has 18 heavy (non-hydrogen) atoms. The maximum atomic E-state index is 12.1. The minimum absolute atomic E-state index is 0.171. The second-order valence-corrected chi connectivity index (χ2v) is 4.00. The summed E-state index contributed by atoms with van der Waals surface area (Å²) in [6.45, 7) is 4.65. The number of carbonyl (C=O) groups excluding carboxylic acids is 1. The molecule has 1 aliphatic rings. The number of fused-ring (bicyclic) bond motifs is 1.